The Hall–Kier alpha value is -2.22. The first-order valence-electron chi connectivity index (χ1n) is 4.99. The van der Waals surface area contributed by atoms with E-state index in [0.717, 1.165) is 10.5 Å². The molecule has 1 heterocycles. The minimum absolute atomic E-state index is 0.0188. The highest BCUT2D eigenvalue weighted by Crippen LogP contribution is 2.26. The standard InChI is InChI=1S/C10H12N4O3S/c1-14(7-3-2-4-8(15)5-7)18(16,17)9-6-12-13-10(9)11/h2-6,15H,1H3,(H3,11,12,13). The van der Waals surface area contributed by atoms with Crippen LogP contribution in [0.2, 0.25) is 0 Å². The van der Waals surface area contributed by atoms with Gasteiger partial charge in [-0.15, -0.1) is 0 Å². The number of anilines is 2. The maximum absolute atomic E-state index is 12.2. The average molecular weight is 268 g/mol. The third-order valence-corrected chi connectivity index (χ3v) is 4.28. The number of H-pyrrole nitrogens is 1. The van der Waals surface area contributed by atoms with Crippen molar-refractivity contribution in [3.8, 4) is 5.75 Å². The molecule has 2 aromatic rings. The maximum Gasteiger partial charge on any atom is 0.269 e. The minimum Gasteiger partial charge on any atom is -0.508 e. The van der Waals surface area contributed by atoms with Crippen molar-refractivity contribution < 1.29 is 13.5 Å². The molecule has 0 aliphatic heterocycles. The van der Waals surface area contributed by atoms with Crippen LogP contribution in [0.1, 0.15) is 0 Å². The summed E-state index contributed by atoms with van der Waals surface area (Å²) < 4.78 is 25.5. The van der Waals surface area contributed by atoms with E-state index >= 15 is 0 Å². The molecule has 8 heteroatoms. The number of nitrogens with zero attached hydrogens (tertiary/aromatic N) is 2. The van der Waals surface area contributed by atoms with Gasteiger partial charge >= 0.3 is 0 Å². The zero-order valence-corrected chi connectivity index (χ0v) is 10.3. The summed E-state index contributed by atoms with van der Waals surface area (Å²) in [6, 6.07) is 5.91. The fourth-order valence-electron chi connectivity index (χ4n) is 1.47. The van der Waals surface area contributed by atoms with E-state index in [1.165, 1.54) is 19.2 Å². The number of benzene rings is 1. The number of nitrogens with one attached hydrogen (secondary N) is 1. The van der Waals surface area contributed by atoms with E-state index in [9.17, 15) is 13.5 Å². The maximum atomic E-state index is 12.2. The Balaban J connectivity index is 2.46. The molecule has 4 N–H and O–H groups in total. The molecule has 96 valence electrons. The lowest BCUT2D eigenvalue weighted by atomic mass is 10.3. The van der Waals surface area contributed by atoms with Crippen molar-refractivity contribution in [3.63, 3.8) is 0 Å². The first kappa shape index (κ1) is 12.2. The zero-order valence-electron chi connectivity index (χ0n) is 9.53. The number of hydrogen-bond donors (Lipinski definition) is 3. The SMILES string of the molecule is CN(c1cccc(O)c1)S(=O)(=O)c1cn[nH]c1N. The molecule has 0 saturated carbocycles. The average Bonchev–Trinajstić information content (AvgIpc) is 2.75. The summed E-state index contributed by atoms with van der Waals surface area (Å²) in [6.45, 7) is 0. The quantitative estimate of drug-likeness (QED) is 0.751. The summed E-state index contributed by atoms with van der Waals surface area (Å²) in [5.41, 5.74) is 5.83. The van der Waals surface area contributed by atoms with Crippen molar-refractivity contribution in [1.29, 1.82) is 0 Å². The van der Waals surface area contributed by atoms with Gasteiger partial charge in [-0.05, 0) is 12.1 Å². The number of sulfonamides is 1. The number of aromatic amines is 1. The number of phenols is 1. The smallest absolute Gasteiger partial charge is 0.269 e. The highest BCUT2D eigenvalue weighted by atomic mass is 32.2. The molecule has 0 fully saturated rings. The first-order valence-corrected chi connectivity index (χ1v) is 6.44. The molecule has 0 bridgehead atoms. The third kappa shape index (κ3) is 1.97. The Labute approximate surface area is 104 Å². The lowest BCUT2D eigenvalue weighted by Gasteiger charge is -2.18. The lowest BCUT2D eigenvalue weighted by Crippen LogP contribution is -2.26. The summed E-state index contributed by atoms with van der Waals surface area (Å²) in [5.74, 6) is -0.0447. The van der Waals surface area contributed by atoms with Crippen LogP contribution < -0.4 is 10.0 Å². The Bertz CT molecular complexity index is 665. The van der Waals surface area contributed by atoms with E-state index in [1.807, 2.05) is 0 Å². The van der Waals surface area contributed by atoms with Crippen LogP contribution in [-0.4, -0.2) is 30.8 Å². The molecule has 0 aliphatic carbocycles. The van der Waals surface area contributed by atoms with E-state index in [2.05, 4.69) is 10.2 Å². The zero-order chi connectivity index (χ0) is 13.3. The molecule has 0 spiro atoms. The van der Waals surface area contributed by atoms with Gasteiger partial charge in [0.1, 0.15) is 16.5 Å². The highest BCUT2D eigenvalue weighted by Gasteiger charge is 2.25. The van der Waals surface area contributed by atoms with Crippen LogP contribution in [0.15, 0.2) is 35.4 Å². The first-order chi connectivity index (χ1) is 8.43. The third-order valence-electron chi connectivity index (χ3n) is 2.46. The van der Waals surface area contributed by atoms with E-state index in [-0.39, 0.29) is 16.5 Å². The molecular formula is C10H12N4O3S. The van der Waals surface area contributed by atoms with Crippen LogP contribution in [0.3, 0.4) is 0 Å². The normalized spacial score (nSPS) is 11.4. The van der Waals surface area contributed by atoms with Gasteiger partial charge in [-0.3, -0.25) is 9.40 Å². The Morgan fingerprint density at radius 3 is 2.72 bits per heavy atom. The molecule has 0 amide bonds. The van der Waals surface area contributed by atoms with E-state index in [0.29, 0.717) is 5.69 Å². The fraction of sp³-hybridized carbons (Fsp3) is 0.100. The molecule has 7 nitrogen and oxygen atoms in total. The molecule has 1 aromatic carbocycles. The van der Waals surface area contributed by atoms with Crippen LogP contribution in [0.25, 0.3) is 0 Å². The van der Waals surface area contributed by atoms with Gasteiger partial charge in [0.15, 0.2) is 0 Å². The van der Waals surface area contributed by atoms with E-state index in [1.54, 1.807) is 12.1 Å². The van der Waals surface area contributed by atoms with Gasteiger partial charge in [-0.2, -0.15) is 5.10 Å². The minimum atomic E-state index is -3.79. The molecular weight excluding hydrogens is 256 g/mol. The van der Waals surface area contributed by atoms with Crippen LogP contribution >= 0.6 is 0 Å². The molecule has 0 atom stereocenters. The molecule has 0 aliphatic rings. The van der Waals surface area contributed by atoms with Crippen molar-refractivity contribution in [3.05, 3.63) is 30.5 Å². The summed E-state index contributed by atoms with van der Waals surface area (Å²) >= 11 is 0. The topological polar surface area (TPSA) is 112 Å². The summed E-state index contributed by atoms with van der Waals surface area (Å²) in [6.07, 6.45) is 1.14. The van der Waals surface area contributed by atoms with Crippen molar-refractivity contribution in [1.82, 2.24) is 10.2 Å². The second-order valence-electron chi connectivity index (χ2n) is 3.64. The molecule has 2 rings (SSSR count). The van der Waals surface area contributed by atoms with Gasteiger partial charge in [0.25, 0.3) is 10.0 Å². The number of aromatic nitrogens is 2. The second kappa shape index (κ2) is 4.22. The van der Waals surface area contributed by atoms with E-state index in [4.69, 9.17) is 5.73 Å². The van der Waals surface area contributed by atoms with Crippen LogP contribution in [0, 0.1) is 0 Å². The number of phenolic OH excluding ortho intramolecular Hbond substituents is 1. The Morgan fingerprint density at radius 1 is 1.44 bits per heavy atom. The summed E-state index contributed by atoms with van der Waals surface area (Å²) in [5, 5.41) is 15.3. The van der Waals surface area contributed by atoms with Crippen molar-refractivity contribution in [2.75, 3.05) is 17.1 Å². The number of nitrogen functional groups attached to an aromatic ring is 1. The largest absolute Gasteiger partial charge is 0.508 e. The molecule has 0 radical (unpaired) electrons. The van der Waals surface area contributed by atoms with Gasteiger partial charge in [-0.1, -0.05) is 6.07 Å². The number of hydrogen-bond acceptors (Lipinski definition) is 5. The summed E-state index contributed by atoms with van der Waals surface area (Å²) in [7, 11) is -2.42. The highest BCUT2D eigenvalue weighted by molar-refractivity contribution is 7.93. The van der Waals surface area contributed by atoms with Crippen LogP contribution in [0.5, 0.6) is 5.75 Å². The second-order valence-corrected chi connectivity index (χ2v) is 5.58. The molecule has 0 saturated heterocycles. The predicted octanol–water partition coefficient (Wildman–Crippen LogP) is 0.523. The Kier molecular flexibility index (Phi) is 2.87. The molecule has 1 aromatic heterocycles. The Morgan fingerprint density at radius 2 is 2.17 bits per heavy atom. The predicted molar refractivity (Wildman–Crippen MR) is 66.7 cm³/mol. The molecule has 18 heavy (non-hydrogen) atoms. The fourth-order valence-corrected chi connectivity index (χ4v) is 2.66. The monoisotopic (exact) mass is 268 g/mol. The summed E-state index contributed by atoms with van der Waals surface area (Å²) in [4.78, 5) is -0.103. The lowest BCUT2D eigenvalue weighted by molar-refractivity contribution is 0.475. The van der Waals surface area contributed by atoms with Crippen molar-refractivity contribution >= 4 is 21.5 Å². The number of aromatic hydroxyl groups is 1. The van der Waals surface area contributed by atoms with Gasteiger partial charge in [0.2, 0.25) is 0 Å². The molecule has 0 unspecified atom stereocenters. The van der Waals surface area contributed by atoms with Crippen LogP contribution in [0.4, 0.5) is 11.5 Å². The van der Waals surface area contributed by atoms with Crippen molar-refractivity contribution in [2.24, 2.45) is 0 Å². The number of rotatable bonds is 3. The van der Waals surface area contributed by atoms with Crippen molar-refractivity contribution in [2.45, 2.75) is 4.90 Å². The van der Waals surface area contributed by atoms with Gasteiger partial charge < -0.3 is 10.8 Å². The number of nitrogens with two attached hydrogens (primary N) is 1. The van der Waals surface area contributed by atoms with Gasteiger partial charge in [0, 0.05) is 13.1 Å². The van der Waals surface area contributed by atoms with E-state index < -0.39 is 10.0 Å². The van der Waals surface area contributed by atoms with Crippen LogP contribution in [-0.2, 0) is 10.0 Å². The van der Waals surface area contributed by atoms with Gasteiger partial charge in [0.05, 0.1) is 11.9 Å². The van der Waals surface area contributed by atoms with Gasteiger partial charge in [-0.25, -0.2) is 8.42 Å².